The molecule has 4 nitrogen and oxygen atoms in total. The standard InChI is InChI=1S/C20H22FN3OS.2ClH/c21-17-4-2-1-3-16(17)19(20(25)14-5-6-14)24-8-7-18(26)15(12-24)9-13-10-22-23-11-13;;/h1-4,9-11,14,18-19,26H,5-8,12H2,(H,22,23);2*1H/b15-9+;;. The van der Waals surface area contributed by atoms with E-state index in [1.807, 2.05) is 6.20 Å². The zero-order chi connectivity index (χ0) is 18.1. The zero-order valence-corrected chi connectivity index (χ0v) is 17.8. The van der Waals surface area contributed by atoms with E-state index in [9.17, 15) is 9.18 Å². The molecule has 0 spiro atoms. The summed E-state index contributed by atoms with van der Waals surface area (Å²) in [6.07, 6.45) is 8.32. The molecule has 1 saturated carbocycles. The number of ketones is 1. The number of rotatable bonds is 5. The number of carbonyl (C=O) groups excluding carboxylic acids is 1. The van der Waals surface area contributed by atoms with Crippen LogP contribution in [0.15, 0.2) is 42.2 Å². The van der Waals surface area contributed by atoms with Crippen molar-refractivity contribution in [2.24, 2.45) is 5.92 Å². The van der Waals surface area contributed by atoms with Crippen LogP contribution in [0.2, 0.25) is 0 Å². The lowest BCUT2D eigenvalue weighted by Gasteiger charge is -2.37. The minimum atomic E-state index is -0.516. The minimum Gasteiger partial charge on any atom is -0.297 e. The summed E-state index contributed by atoms with van der Waals surface area (Å²) in [5.41, 5.74) is 2.60. The molecule has 1 aliphatic carbocycles. The lowest BCUT2D eigenvalue weighted by molar-refractivity contribution is -0.126. The van der Waals surface area contributed by atoms with Gasteiger partial charge in [0.15, 0.2) is 5.78 Å². The van der Waals surface area contributed by atoms with E-state index in [0.717, 1.165) is 36.9 Å². The largest absolute Gasteiger partial charge is 0.297 e. The van der Waals surface area contributed by atoms with Crippen LogP contribution >= 0.6 is 37.4 Å². The molecule has 8 heteroatoms. The highest BCUT2D eigenvalue weighted by Crippen LogP contribution is 2.39. The summed E-state index contributed by atoms with van der Waals surface area (Å²) in [5.74, 6) is -0.0788. The fourth-order valence-electron chi connectivity index (χ4n) is 3.63. The third kappa shape index (κ3) is 4.98. The van der Waals surface area contributed by atoms with Gasteiger partial charge >= 0.3 is 0 Å². The fraction of sp³-hybridized carbons (Fsp3) is 0.400. The molecular formula is C20H24Cl2FN3OS. The summed E-state index contributed by atoms with van der Waals surface area (Å²) in [5, 5.41) is 6.92. The van der Waals surface area contributed by atoms with E-state index in [2.05, 4.69) is 21.2 Å². The van der Waals surface area contributed by atoms with Gasteiger partial charge < -0.3 is 0 Å². The maximum absolute atomic E-state index is 14.5. The van der Waals surface area contributed by atoms with E-state index in [1.165, 1.54) is 6.07 Å². The van der Waals surface area contributed by atoms with Crippen molar-refractivity contribution < 1.29 is 9.18 Å². The first-order valence-electron chi connectivity index (χ1n) is 9.03. The van der Waals surface area contributed by atoms with Crippen molar-refractivity contribution >= 4 is 49.3 Å². The van der Waals surface area contributed by atoms with E-state index in [4.69, 9.17) is 12.6 Å². The van der Waals surface area contributed by atoms with Gasteiger partial charge in [-0.15, -0.1) is 24.8 Å². The monoisotopic (exact) mass is 443 g/mol. The predicted molar refractivity (Wildman–Crippen MR) is 117 cm³/mol. The number of piperidine rings is 1. The third-order valence-corrected chi connectivity index (χ3v) is 5.78. The van der Waals surface area contributed by atoms with E-state index in [-0.39, 0.29) is 47.6 Å². The van der Waals surface area contributed by atoms with Gasteiger partial charge in [-0.05, 0) is 30.9 Å². The summed E-state index contributed by atoms with van der Waals surface area (Å²) in [7, 11) is 0. The van der Waals surface area contributed by atoms with Gasteiger partial charge in [0, 0.05) is 41.6 Å². The second-order valence-corrected chi connectivity index (χ2v) is 7.75. The Morgan fingerprint density at radius 1 is 1.29 bits per heavy atom. The molecule has 1 aromatic carbocycles. The SMILES string of the molecule is Cl.Cl.O=C(C1CC1)C(c1ccccc1F)N1CCC(S)/C(=C/c2cn[nH]c2)C1. The van der Waals surface area contributed by atoms with Gasteiger partial charge in [-0.3, -0.25) is 14.8 Å². The van der Waals surface area contributed by atoms with Crippen molar-refractivity contribution in [1.29, 1.82) is 0 Å². The van der Waals surface area contributed by atoms with Crippen LogP contribution < -0.4 is 0 Å². The van der Waals surface area contributed by atoms with Gasteiger partial charge in [0.05, 0.1) is 12.2 Å². The number of hydrogen-bond acceptors (Lipinski definition) is 4. The number of H-pyrrole nitrogens is 1. The zero-order valence-electron chi connectivity index (χ0n) is 15.3. The molecule has 1 N–H and O–H groups in total. The van der Waals surface area contributed by atoms with Crippen LogP contribution in [0.25, 0.3) is 6.08 Å². The minimum absolute atomic E-state index is 0. The number of halogens is 3. The van der Waals surface area contributed by atoms with E-state index < -0.39 is 6.04 Å². The second-order valence-electron chi connectivity index (χ2n) is 7.13. The number of hydrogen-bond donors (Lipinski definition) is 2. The Morgan fingerprint density at radius 2 is 2.04 bits per heavy atom. The molecule has 1 aromatic heterocycles. The van der Waals surface area contributed by atoms with Crippen LogP contribution in [0.5, 0.6) is 0 Å². The molecule has 1 aliphatic heterocycles. The predicted octanol–water partition coefficient (Wildman–Crippen LogP) is 4.50. The average Bonchev–Trinajstić information content (AvgIpc) is 3.37. The Balaban J connectivity index is 0.00000140. The number of nitrogens with one attached hydrogen (secondary N) is 1. The normalized spacial score (nSPS) is 22.2. The van der Waals surface area contributed by atoms with Crippen LogP contribution in [0.3, 0.4) is 0 Å². The number of likely N-dealkylation sites (tertiary alicyclic amines) is 1. The number of benzene rings is 1. The molecule has 2 aromatic rings. The first-order valence-corrected chi connectivity index (χ1v) is 9.54. The highest BCUT2D eigenvalue weighted by atomic mass is 35.5. The smallest absolute Gasteiger partial charge is 0.157 e. The van der Waals surface area contributed by atoms with Gasteiger partial charge in [-0.25, -0.2) is 4.39 Å². The highest BCUT2D eigenvalue weighted by molar-refractivity contribution is 7.81. The molecule has 0 amide bonds. The van der Waals surface area contributed by atoms with Crippen molar-refractivity contribution in [1.82, 2.24) is 15.1 Å². The van der Waals surface area contributed by atoms with E-state index in [0.29, 0.717) is 12.1 Å². The Bertz CT molecular complexity index is 827. The molecule has 2 heterocycles. The van der Waals surface area contributed by atoms with Gasteiger partial charge in [-0.1, -0.05) is 24.3 Å². The van der Waals surface area contributed by atoms with Crippen LogP contribution in [-0.2, 0) is 4.79 Å². The third-order valence-electron chi connectivity index (χ3n) is 5.19. The van der Waals surface area contributed by atoms with Crippen molar-refractivity contribution in [2.75, 3.05) is 13.1 Å². The summed E-state index contributed by atoms with van der Waals surface area (Å²) < 4.78 is 14.5. The second kappa shape index (κ2) is 9.92. The Kier molecular flexibility index (Phi) is 8.13. The molecule has 28 heavy (non-hydrogen) atoms. The van der Waals surface area contributed by atoms with E-state index >= 15 is 0 Å². The van der Waals surface area contributed by atoms with Crippen molar-refractivity contribution in [3.63, 3.8) is 0 Å². The number of nitrogens with zero attached hydrogens (tertiary/aromatic N) is 2. The van der Waals surface area contributed by atoms with Crippen molar-refractivity contribution in [2.45, 2.75) is 30.6 Å². The first kappa shape index (κ1) is 22.9. The number of thiol groups is 1. The van der Waals surface area contributed by atoms with E-state index in [1.54, 1.807) is 24.4 Å². The molecule has 1 saturated heterocycles. The summed E-state index contributed by atoms with van der Waals surface area (Å²) in [6, 6.07) is 6.14. The van der Waals surface area contributed by atoms with Gasteiger partial charge in [0.2, 0.25) is 0 Å². The quantitative estimate of drug-likeness (QED) is 0.668. The average molecular weight is 444 g/mol. The number of aromatic nitrogens is 2. The van der Waals surface area contributed by atoms with Crippen LogP contribution in [0.4, 0.5) is 4.39 Å². The maximum atomic E-state index is 14.5. The molecular weight excluding hydrogens is 420 g/mol. The molecule has 4 rings (SSSR count). The molecule has 2 atom stereocenters. The van der Waals surface area contributed by atoms with Gasteiger partial charge in [0.25, 0.3) is 0 Å². The molecule has 2 fully saturated rings. The molecule has 152 valence electrons. The van der Waals surface area contributed by atoms with Crippen LogP contribution in [0, 0.1) is 11.7 Å². The Labute approximate surface area is 182 Å². The first-order chi connectivity index (χ1) is 12.6. The number of Topliss-reactive ketones (excluding diaryl/α,β-unsaturated/α-hetero) is 1. The Hall–Kier alpha value is -1.34. The number of carbonyl (C=O) groups is 1. The molecule has 2 unspecified atom stereocenters. The van der Waals surface area contributed by atoms with Crippen molar-refractivity contribution in [3.8, 4) is 0 Å². The van der Waals surface area contributed by atoms with Gasteiger partial charge in [0.1, 0.15) is 5.82 Å². The lowest BCUT2D eigenvalue weighted by atomic mass is 9.93. The molecule has 0 bridgehead atoms. The summed E-state index contributed by atoms with van der Waals surface area (Å²) in [4.78, 5) is 15.1. The van der Waals surface area contributed by atoms with Crippen molar-refractivity contribution in [3.05, 3.63) is 59.2 Å². The maximum Gasteiger partial charge on any atom is 0.157 e. The summed E-state index contributed by atoms with van der Waals surface area (Å²) in [6.45, 7) is 1.34. The fourth-order valence-corrected chi connectivity index (χ4v) is 3.90. The number of aromatic amines is 1. The molecule has 2 aliphatic rings. The van der Waals surface area contributed by atoms with Crippen LogP contribution in [0.1, 0.15) is 36.4 Å². The summed E-state index contributed by atoms with van der Waals surface area (Å²) >= 11 is 4.70. The molecule has 0 radical (unpaired) electrons. The van der Waals surface area contributed by atoms with Gasteiger partial charge in [-0.2, -0.15) is 17.7 Å². The van der Waals surface area contributed by atoms with Crippen LogP contribution in [-0.4, -0.2) is 39.2 Å². The Morgan fingerprint density at radius 3 is 2.68 bits per heavy atom. The topological polar surface area (TPSA) is 49.0 Å². The lowest BCUT2D eigenvalue weighted by Crippen LogP contribution is -2.42. The highest BCUT2D eigenvalue weighted by Gasteiger charge is 2.40.